The standard InChI is InChI=1S/C12H27NO/c1-6-13-10-9-12(5,14)8-7-11(2,3)4/h13-14H,6-10H2,1-5H3. The SMILES string of the molecule is CCNCCC(C)(O)CCC(C)(C)C. The summed E-state index contributed by atoms with van der Waals surface area (Å²) in [5.74, 6) is 0. The highest BCUT2D eigenvalue weighted by atomic mass is 16.3. The minimum Gasteiger partial charge on any atom is -0.390 e. The van der Waals surface area contributed by atoms with Crippen LogP contribution < -0.4 is 5.32 Å². The summed E-state index contributed by atoms with van der Waals surface area (Å²) >= 11 is 0. The minimum absolute atomic E-state index is 0.322. The van der Waals surface area contributed by atoms with E-state index in [1.165, 1.54) is 0 Å². The zero-order valence-electron chi connectivity index (χ0n) is 10.5. The molecular weight excluding hydrogens is 174 g/mol. The van der Waals surface area contributed by atoms with Crippen LogP contribution >= 0.6 is 0 Å². The predicted molar refractivity (Wildman–Crippen MR) is 62.5 cm³/mol. The Morgan fingerprint density at radius 1 is 1.00 bits per heavy atom. The Morgan fingerprint density at radius 2 is 1.57 bits per heavy atom. The lowest BCUT2D eigenvalue weighted by molar-refractivity contribution is 0.0314. The zero-order valence-corrected chi connectivity index (χ0v) is 10.5. The van der Waals surface area contributed by atoms with E-state index in [4.69, 9.17) is 0 Å². The van der Waals surface area contributed by atoms with Gasteiger partial charge in [-0.2, -0.15) is 0 Å². The summed E-state index contributed by atoms with van der Waals surface area (Å²) in [6.07, 6.45) is 2.81. The molecule has 0 saturated heterocycles. The molecule has 0 aromatic carbocycles. The first kappa shape index (κ1) is 13.9. The van der Waals surface area contributed by atoms with E-state index in [1.807, 2.05) is 6.92 Å². The van der Waals surface area contributed by atoms with Gasteiger partial charge < -0.3 is 10.4 Å². The normalized spacial score (nSPS) is 16.7. The molecule has 0 radical (unpaired) electrons. The van der Waals surface area contributed by atoms with Crippen molar-refractivity contribution in [3.8, 4) is 0 Å². The number of rotatable bonds is 6. The lowest BCUT2D eigenvalue weighted by atomic mass is 9.84. The van der Waals surface area contributed by atoms with Crippen LogP contribution in [-0.4, -0.2) is 23.8 Å². The highest BCUT2D eigenvalue weighted by Crippen LogP contribution is 2.26. The Kier molecular flexibility index (Phi) is 5.68. The molecule has 0 aliphatic heterocycles. The van der Waals surface area contributed by atoms with Crippen molar-refractivity contribution in [3.05, 3.63) is 0 Å². The summed E-state index contributed by atoms with van der Waals surface area (Å²) in [6.45, 7) is 12.6. The monoisotopic (exact) mass is 201 g/mol. The van der Waals surface area contributed by atoms with E-state index >= 15 is 0 Å². The molecule has 2 heteroatoms. The summed E-state index contributed by atoms with van der Waals surface area (Å²) in [4.78, 5) is 0. The molecule has 0 saturated carbocycles. The van der Waals surface area contributed by atoms with Crippen molar-refractivity contribution in [3.63, 3.8) is 0 Å². The zero-order chi connectivity index (χ0) is 11.2. The molecule has 1 unspecified atom stereocenters. The Morgan fingerprint density at radius 3 is 2.00 bits per heavy atom. The van der Waals surface area contributed by atoms with Crippen molar-refractivity contribution in [1.82, 2.24) is 5.32 Å². The van der Waals surface area contributed by atoms with Gasteiger partial charge in [-0.1, -0.05) is 27.7 Å². The maximum Gasteiger partial charge on any atom is 0.0632 e. The van der Waals surface area contributed by atoms with Crippen LogP contribution in [0.4, 0.5) is 0 Å². The Hall–Kier alpha value is -0.0800. The van der Waals surface area contributed by atoms with Crippen LogP contribution in [0.25, 0.3) is 0 Å². The van der Waals surface area contributed by atoms with Gasteiger partial charge in [-0.05, 0) is 44.7 Å². The third-order valence-electron chi connectivity index (χ3n) is 2.50. The molecular formula is C12H27NO. The molecule has 2 nitrogen and oxygen atoms in total. The van der Waals surface area contributed by atoms with Crippen LogP contribution in [0.1, 0.15) is 53.9 Å². The van der Waals surface area contributed by atoms with Crippen molar-refractivity contribution >= 4 is 0 Å². The molecule has 2 N–H and O–H groups in total. The van der Waals surface area contributed by atoms with Crippen molar-refractivity contribution in [2.24, 2.45) is 5.41 Å². The van der Waals surface area contributed by atoms with Gasteiger partial charge in [0, 0.05) is 0 Å². The van der Waals surface area contributed by atoms with Crippen LogP contribution in [0.3, 0.4) is 0 Å². The molecule has 0 aliphatic rings. The molecule has 0 fully saturated rings. The second-order valence-electron chi connectivity index (χ2n) is 5.66. The number of nitrogens with one attached hydrogen (secondary N) is 1. The quantitative estimate of drug-likeness (QED) is 0.647. The summed E-state index contributed by atoms with van der Waals surface area (Å²) in [6, 6.07) is 0. The largest absolute Gasteiger partial charge is 0.390 e. The van der Waals surface area contributed by atoms with Gasteiger partial charge in [-0.3, -0.25) is 0 Å². The second kappa shape index (κ2) is 5.72. The third kappa shape index (κ3) is 8.52. The fourth-order valence-electron chi connectivity index (χ4n) is 1.30. The van der Waals surface area contributed by atoms with Gasteiger partial charge in [0.05, 0.1) is 5.60 Å². The van der Waals surface area contributed by atoms with Gasteiger partial charge in [0.2, 0.25) is 0 Å². The predicted octanol–water partition coefficient (Wildman–Crippen LogP) is 2.56. The molecule has 0 aromatic heterocycles. The minimum atomic E-state index is -0.505. The fraction of sp³-hybridized carbons (Fsp3) is 1.00. The van der Waals surface area contributed by atoms with E-state index in [0.717, 1.165) is 32.4 Å². The highest BCUT2D eigenvalue weighted by molar-refractivity contribution is 4.76. The van der Waals surface area contributed by atoms with Crippen molar-refractivity contribution in [2.45, 2.75) is 59.5 Å². The summed E-state index contributed by atoms with van der Waals surface area (Å²) in [7, 11) is 0. The number of hydrogen-bond acceptors (Lipinski definition) is 2. The Balaban J connectivity index is 3.72. The molecule has 0 rings (SSSR count). The van der Waals surface area contributed by atoms with Gasteiger partial charge in [-0.15, -0.1) is 0 Å². The van der Waals surface area contributed by atoms with Crippen molar-refractivity contribution < 1.29 is 5.11 Å². The van der Waals surface area contributed by atoms with Gasteiger partial charge in [0.15, 0.2) is 0 Å². The van der Waals surface area contributed by atoms with Crippen LogP contribution in [-0.2, 0) is 0 Å². The van der Waals surface area contributed by atoms with E-state index in [1.54, 1.807) is 0 Å². The highest BCUT2D eigenvalue weighted by Gasteiger charge is 2.22. The smallest absolute Gasteiger partial charge is 0.0632 e. The molecule has 14 heavy (non-hydrogen) atoms. The lowest BCUT2D eigenvalue weighted by Gasteiger charge is -2.27. The first-order valence-electron chi connectivity index (χ1n) is 5.70. The van der Waals surface area contributed by atoms with Crippen LogP contribution in [0, 0.1) is 5.41 Å². The average Bonchev–Trinajstić information content (AvgIpc) is 2.00. The molecule has 0 spiro atoms. The van der Waals surface area contributed by atoms with Crippen LogP contribution in [0.15, 0.2) is 0 Å². The number of aliphatic hydroxyl groups is 1. The van der Waals surface area contributed by atoms with E-state index in [2.05, 4.69) is 33.0 Å². The lowest BCUT2D eigenvalue weighted by Crippen LogP contribution is -2.31. The molecule has 0 amide bonds. The van der Waals surface area contributed by atoms with Crippen LogP contribution in [0.2, 0.25) is 0 Å². The fourth-order valence-corrected chi connectivity index (χ4v) is 1.30. The maximum atomic E-state index is 10.1. The van der Waals surface area contributed by atoms with Crippen LogP contribution in [0.5, 0.6) is 0 Å². The van der Waals surface area contributed by atoms with Crippen molar-refractivity contribution in [1.29, 1.82) is 0 Å². The van der Waals surface area contributed by atoms with Crippen molar-refractivity contribution in [2.75, 3.05) is 13.1 Å². The topological polar surface area (TPSA) is 32.3 Å². The summed E-state index contributed by atoms with van der Waals surface area (Å²) in [5, 5.41) is 13.3. The maximum absolute atomic E-state index is 10.1. The van der Waals surface area contributed by atoms with E-state index < -0.39 is 5.60 Å². The Labute approximate surface area is 89.1 Å². The molecule has 0 aromatic rings. The number of hydrogen-bond donors (Lipinski definition) is 2. The third-order valence-corrected chi connectivity index (χ3v) is 2.50. The first-order chi connectivity index (χ1) is 6.27. The van der Waals surface area contributed by atoms with E-state index in [0.29, 0.717) is 5.41 Å². The molecule has 0 bridgehead atoms. The molecule has 0 aliphatic carbocycles. The average molecular weight is 201 g/mol. The molecule has 1 atom stereocenters. The molecule has 0 heterocycles. The van der Waals surface area contributed by atoms with E-state index in [9.17, 15) is 5.11 Å². The van der Waals surface area contributed by atoms with E-state index in [-0.39, 0.29) is 0 Å². The van der Waals surface area contributed by atoms with Gasteiger partial charge in [0.25, 0.3) is 0 Å². The molecule has 86 valence electrons. The second-order valence-corrected chi connectivity index (χ2v) is 5.66. The van der Waals surface area contributed by atoms with Gasteiger partial charge in [-0.25, -0.2) is 0 Å². The first-order valence-corrected chi connectivity index (χ1v) is 5.70. The van der Waals surface area contributed by atoms with Gasteiger partial charge in [0.1, 0.15) is 0 Å². The summed E-state index contributed by atoms with van der Waals surface area (Å²) < 4.78 is 0. The summed E-state index contributed by atoms with van der Waals surface area (Å²) in [5.41, 5.74) is -0.183. The Bertz CT molecular complexity index is 147. The van der Waals surface area contributed by atoms with Gasteiger partial charge >= 0.3 is 0 Å².